The number of hydrogen-bond donors (Lipinski definition) is 0. The number of carbonyl (C=O) groups excluding carboxylic acids is 3. The predicted molar refractivity (Wildman–Crippen MR) is 64.4 cm³/mol. The van der Waals surface area contributed by atoms with Crippen molar-refractivity contribution in [2.45, 2.75) is 12.8 Å². The highest BCUT2D eigenvalue weighted by Crippen LogP contribution is 2.16. The van der Waals surface area contributed by atoms with Gasteiger partial charge >= 0.3 is 5.97 Å². The summed E-state index contributed by atoms with van der Waals surface area (Å²) in [4.78, 5) is 39.1. The molecule has 106 valence electrons. The normalized spacial score (nSPS) is 14.6. The van der Waals surface area contributed by atoms with Crippen molar-refractivity contribution < 1.29 is 28.3 Å². The van der Waals surface area contributed by atoms with Crippen molar-refractivity contribution in [1.82, 2.24) is 5.06 Å². The van der Waals surface area contributed by atoms with E-state index < -0.39 is 24.5 Å². The van der Waals surface area contributed by atoms with Crippen LogP contribution in [-0.2, 0) is 14.4 Å². The molecule has 0 N–H and O–H groups in total. The van der Waals surface area contributed by atoms with Crippen LogP contribution < -0.4 is 4.74 Å². The SMILES string of the molecule is O=C(ON1C(=O)CCC1=O)c1ccc(OCCF)cc1. The van der Waals surface area contributed by atoms with Crippen molar-refractivity contribution in [2.24, 2.45) is 0 Å². The molecular formula is C13H12FNO5. The first-order chi connectivity index (χ1) is 9.61. The molecule has 1 fully saturated rings. The third kappa shape index (κ3) is 3.11. The zero-order chi connectivity index (χ0) is 14.5. The second-order valence-electron chi connectivity index (χ2n) is 4.02. The summed E-state index contributed by atoms with van der Waals surface area (Å²) in [6.07, 6.45) is 0.0875. The van der Waals surface area contributed by atoms with Crippen LogP contribution in [0.4, 0.5) is 4.39 Å². The Morgan fingerprint density at radius 2 is 1.75 bits per heavy atom. The zero-order valence-electron chi connectivity index (χ0n) is 10.5. The highest BCUT2D eigenvalue weighted by molar-refractivity contribution is 6.02. The summed E-state index contributed by atoms with van der Waals surface area (Å²) < 4.78 is 16.9. The minimum absolute atomic E-state index is 0.0438. The number of hydroxylamine groups is 2. The number of hydrogen-bond acceptors (Lipinski definition) is 5. The smallest absolute Gasteiger partial charge is 0.363 e. The lowest BCUT2D eigenvalue weighted by atomic mass is 10.2. The molecule has 1 aromatic rings. The fraction of sp³-hybridized carbons (Fsp3) is 0.308. The Kier molecular flexibility index (Phi) is 4.29. The molecule has 20 heavy (non-hydrogen) atoms. The molecule has 0 radical (unpaired) electrons. The second kappa shape index (κ2) is 6.14. The van der Waals surface area contributed by atoms with E-state index in [0.29, 0.717) is 10.8 Å². The molecule has 0 unspecified atom stereocenters. The predicted octanol–water partition coefficient (Wildman–Crippen LogP) is 1.26. The van der Waals surface area contributed by atoms with E-state index in [9.17, 15) is 18.8 Å². The van der Waals surface area contributed by atoms with Crippen LogP contribution in [0.5, 0.6) is 5.75 Å². The molecule has 1 aliphatic rings. The lowest BCUT2D eigenvalue weighted by molar-refractivity contribution is -0.172. The molecule has 7 heteroatoms. The van der Waals surface area contributed by atoms with Gasteiger partial charge in [0.25, 0.3) is 11.8 Å². The number of nitrogens with zero attached hydrogens (tertiary/aromatic N) is 1. The molecule has 0 spiro atoms. The Morgan fingerprint density at radius 1 is 1.15 bits per heavy atom. The topological polar surface area (TPSA) is 72.9 Å². The number of alkyl halides is 1. The minimum atomic E-state index is -0.814. The molecule has 2 amide bonds. The number of imide groups is 1. The van der Waals surface area contributed by atoms with Gasteiger partial charge in [-0.1, -0.05) is 0 Å². The van der Waals surface area contributed by atoms with E-state index in [-0.39, 0.29) is 25.0 Å². The lowest BCUT2D eigenvalue weighted by Gasteiger charge is -2.12. The highest BCUT2D eigenvalue weighted by atomic mass is 19.1. The molecule has 1 aromatic carbocycles. The minimum Gasteiger partial charge on any atom is -0.491 e. The Labute approximate surface area is 114 Å². The Morgan fingerprint density at radius 3 is 2.30 bits per heavy atom. The van der Waals surface area contributed by atoms with Crippen LogP contribution in [0.15, 0.2) is 24.3 Å². The lowest BCUT2D eigenvalue weighted by Crippen LogP contribution is -2.32. The van der Waals surface area contributed by atoms with Crippen LogP contribution in [0.1, 0.15) is 23.2 Å². The summed E-state index contributed by atoms with van der Waals surface area (Å²) in [5.41, 5.74) is 0.157. The van der Waals surface area contributed by atoms with Crippen molar-refractivity contribution in [3.05, 3.63) is 29.8 Å². The van der Waals surface area contributed by atoms with Gasteiger partial charge in [0, 0.05) is 12.8 Å². The summed E-state index contributed by atoms with van der Waals surface area (Å²) >= 11 is 0. The molecule has 1 saturated heterocycles. The maximum Gasteiger partial charge on any atom is 0.363 e. The van der Waals surface area contributed by atoms with Crippen LogP contribution in [-0.4, -0.2) is 36.1 Å². The fourth-order valence-electron chi connectivity index (χ4n) is 1.64. The zero-order valence-corrected chi connectivity index (χ0v) is 10.5. The van der Waals surface area contributed by atoms with Gasteiger partial charge in [-0.2, -0.15) is 0 Å². The number of halogens is 1. The van der Waals surface area contributed by atoms with Gasteiger partial charge in [0.15, 0.2) is 0 Å². The molecule has 1 heterocycles. The van der Waals surface area contributed by atoms with Crippen molar-refractivity contribution in [3.8, 4) is 5.75 Å². The van der Waals surface area contributed by atoms with Gasteiger partial charge in [0.05, 0.1) is 5.56 Å². The molecule has 0 aromatic heterocycles. The van der Waals surface area contributed by atoms with E-state index in [1.165, 1.54) is 24.3 Å². The Bertz CT molecular complexity index is 512. The van der Waals surface area contributed by atoms with E-state index in [1.807, 2.05) is 0 Å². The third-order valence-corrected chi connectivity index (χ3v) is 2.62. The first-order valence-corrected chi connectivity index (χ1v) is 5.98. The van der Waals surface area contributed by atoms with Crippen LogP contribution >= 0.6 is 0 Å². The number of carbonyl (C=O) groups is 3. The van der Waals surface area contributed by atoms with Gasteiger partial charge < -0.3 is 9.57 Å². The van der Waals surface area contributed by atoms with Gasteiger partial charge in [-0.25, -0.2) is 9.18 Å². The van der Waals surface area contributed by atoms with Crippen molar-refractivity contribution in [2.75, 3.05) is 13.3 Å². The average Bonchev–Trinajstić information content (AvgIpc) is 2.77. The second-order valence-corrected chi connectivity index (χ2v) is 4.02. The quantitative estimate of drug-likeness (QED) is 0.760. The van der Waals surface area contributed by atoms with E-state index in [2.05, 4.69) is 0 Å². The van der Waals surface area contributed by atoms with Gasteiger partial charge in [-0.3, -0.25) is 9.59 Å². The number of amides is 2. The number of benzene rings is 1. The van der Waals surface area contributed by atoms with Crippen molar-refractivity contribution >= 4 is 17.8 Å². The van der Waals surface area contributed by atoms with E-state index in [4.69, 9.17) is 9.57 Å². The van der Waals surface area contributed by atoms with Gasteiger partial charge in [-0.15, -0.1) is 5.06 Å². The maximum atomic E-state index is 11.9. The maximum absolute atomic E-state index is 11.9. The van der Waals surface area contributed by atoms with Crippen molar-refractivity contribution in [3.63, 3.8) is 0 Å². The van der Waals surface area contributed by atoms with Gasteiger partial charge in [0.2, 0.25) is 0 Å². The summed E-state index contributed by atoms with van der Waals surface area (Å²) in [7, 11) is 0. The summed E-state index contributed by atoms with van der Waals surface area (Å²) in [6, 6.07) is 5.75. The van der Waals surface area contributed by atoms with E-state index in [1.54, 1.807) is 0 Å². The Balaban J connectivity index is 1.98. The molecule has 0 aliphatic carbocycles. The Hall–Kier alpha value is -2.44. The highest BCUT2D eigenvalue weighted by Gasteiger charge is 2.33. The molecule has 0 bridgehead atoms. The largest absolute Gasteiger partial charge is 0.491 e. The standard InChI is InChI=1S/C13H12FNO5/c14-7-8-19-10-3-1-9(2-4-10)13(18)20-15-11(16)5-6-12(15)17/h1-4H,5-8H2. The molecule has 1 aliphatic heterocycles. The molecule has 0 saturated carbocycles. The summed E-state index contributed by atoms with van der Waals surface area (Å²) in [5, 5.41) is 0.482. The van der Waals surface area contributed by atoms with Crippen LogP contribution in [0.25, 0.3) is 0 Å². The first-order valence-electron chi connectivity index (χ1n) is 5.98. The van der Waals surface area contributed by atoms with Crippen LogP contribution in [0.2, 0.25) is 0 Å². The van der Waals surface area contributed by atoms with E-state index in [0.717, 1.165) is 0 Å². The number of ether oxygens (including phenoxy) is 1. The van der Waals surface area contributed by atoms with Crippen molar-refractivity contribution in [1.29, 1.82) is 0 Å². The number of rotatable bonds is 5. The van der Waals surface area contributed by atoms with Gasteiger partial charge in [-0.05, 0) is 24.3 Å². The average molecular weight is 281 g/mol. The summed E-state index contributed by atoms with van der Waals surface area (Å²) in [5.74, 6) is -1.48. The third-order valence-electron chi connectivity index (χ3n) is 2.62. The molecular weight excluding hydrogens is 269 g/mol. The van der Waals surface area contributed by atoms with Crippen LogP contribution in [0, 0.1) is 0 Å². The van der Waals surface area contributed by atoms with Crippen LogP contribution in [0.3, 0.4) is 0 Å². The van der Waals surface area contributed by atoms with Gasteiger partial charge in [0.1, 0.15) is 19.0 Å². The fourth-order valence-corrected chi connectivity index (χ4v) is 1.64. The molecule has 6 nitrogen and oxygen atoms in total. The summed E-state index contributed by atoms with van der Waals surface area (Å²) in [6.45, 7) is -0.677. The molecule has 2 rings (SSSR count). The molecule has 0 atom stereocenters. The monoisotopic (exact) mass is 281 g/mol. The first kappa shape index (κ1) is 14.0. The van der Waals surface area contributed by atoms with E-state index >= 15 is 0 Å².